The lowest BCUT2D eigenvalue weighted by molar-refractivity contribution is -0.122. The summed E-state index contributed by atoms with van der Waals surface area (Å²) in [4.78, 5) is 25.3. The molecule has 2 amide bonds. The zero-order chi connectivity index (χ0) is 22.9. The topological polar surface area (TPSA) is 127 Å². The Kier molecular flexibility index (Phi) is 7.06. The van der Waals surface area contributed by atoms with Crippen LogP contribution in [0.3, 0.4) is 0 Å². The van der Waals surface area contributed by atoms with E-state index in [1.807, 2.05) is 60.7 Å². The molecule has 0 spiro atoms. The van der Waals surface area contributed by atoms with Gasteiger partial charge in [-0.25, -0.2) is 0 Å². The minimum absolute atomic E-state index is 0.148. The molecule has 0 fully saturated rings. The third-order valence-corrected chi connectivity index (χ3v) is 4.83. The molecule has 0 aliphatic carbocycles. The van der Waals surface area contributed by atoms with Crippen LogP contribution in [0.5, 0.6) is 0 Å². The van der Waals surface area contributed by atoms with Gasteiger partial charge in [-0.05, 0) is 40.3 Å². The highest BCUT2D eigenvalue weighted by molar-refractivity contribution is 5.95. The van der Waals surface area contributed by atoms with E-state index in [1.165, 1.54) is 6.26 Å². The molecule has 2 aromatic heterocycles. The van der Waals surface area contributed by atoms with Crippen LogP contribution in [0.15, 0.2) is 83.5 Å². The molecule has 2 aromatic carbocycles. The molecule has 4 rings (SSSR count). The van der Waals surface area contributed by atoms with Gasteiger partial charge in [-0.15, -0.1) is 0 Å². The first-order chi connectivity index (χ1) is 16.2. The number of aromatic nitrogens is 4. The van der Waals surface area contributed by atoms with E-state index in [0.717, 1.165) is 11.3 Å². The number of hydrogen-bond donors (Lipinski definition) is 3. The van der Waals surface area contributed by atoms with Gasteiger partial charge < -0.3 is 20.4 Å². The minimum Gasteiger partial charge on any atom is -0.459 e. The fraction of sp³-hybridized carbons (Fsp3) is 0.174. The molecule has 0 bridgehead atoms. The summed E-state index contributed by atoms with van der Waals surface area (Å²) in [5.74, 6) is -0.142. The summed E-state index contributed by atoms with van der Waals surface area (Å²) in [6.07, 6.45) is 1.76. The first-order valence-corrected chi connectivity index (χ1v) is 10.4. The summed E-state index contributed by atoms with van der Waals surface area (Å²) < 4.78 is 6.71. The second kappa shape index (κ2) is 10.7. The molecule has 3 N–H and O–H groups in total. The van der Waals surface area contributed by atoms with Gasteiger partial charge in [0.2, 0.25) is 11.9 Å². The standard InChI is InChI=1S/C23H23N7O3/c31-21(24-13-14-25-23-27-28-29-30(23)18-10-5-2-6-11-18)19(16-17-8-3-1-4-9-17)26-22(32)20-12-7-15-33-20/h1-12,15,19H,13-14,16H2,(H,24,31)(H,26,32)(H,25,27,29). The number of carbonyl (C=O) groups is 2. The van der Waals surface area contributed by atoms with E-state index in [4.69, 9.17) is 4.42 Å². The normalized spacial score (nSPS) is 11.5. The van der Waals surface area contributed by atoms with E-state index in [0.29, 0.717) is 25.5 Å². The van der Waals surface area contributed by atoms with Crippen LogP contribution in [0.25, 0.3) is 5.69 Å². The van der Waals surface area contributed by atoms with E-state index >= 15 is 0 Å². The second-order valence-electron chi connectivity index (χ2n) is 7.16. The Balaban J connectivity index is 1.34. The predicted molar refractivity (Wildman–Crippen MR) is 121 cm³/mol. The third kappa shape index (κ3) is 5.82. The maximum absolute atomic E-state index is 12.9. The molecule has 4 aromatic rings. The van der Waals surface area contributed by atoms with Crippen LogP contribution in [0, 0.1) is 0 Å². The average Bonchev–Trinajstić information content (AvgIpc) is 3.55. The first kappa shape index (κ1) is 21.8. The number of anilines is 1. The van der Waals surface area contributed by atoms with Crippen LogP contribution >= 0.6 is 0 Å². The molecule has 168 valence electrons. The van der Waals surface area contributed by atoms with Crippen LogP contribution in [0.1, 0.15) is 16.1 Å². The van der Waals surface area contributed by atoms with Crippen LogP contribution in [-0.2, 0) is 11.2 Å². The Morgan fingerprint density at radius 3 is 2.42 bits per heavy atom. The molecule has 10 nitrogen and oxygen atoms in total. The van der Waals surface area contributed by atoms with Crippen molar-refractivity contribution in [3.63, 3.8) is 0 Å². The van der Waals surface area contributed by atoms with Gasteiger partial charge in [0.15, 0.2) is 5.76 Å². The van der Waals surface area contributed by atoms with Crippen molar-refractivity contribution in [1.29, 1.82) is 0 Å². The number of benzene rings is 2. The molecule has 0 aliphatic rings. The Bertz CT molecular complexity index is 1160. The van der Waals surface area contributed by atoms with Gasteiger partial charge in [0.1, 0.15) is 6.04 Å². The molecule has 33 heavy (non-hydrogen) atoms. The molecule has 10 heteroatoms. The highest BCUT2D eigenvalue weighted by Crippen LogP contribution is 2.10. The maximum atomic E-state index is 12.9. The Hall–Kier alpha value is -4.47. The zero-order valence-corrected chi connectivity index (χ0v) is 17.7. The van der Waals surface area contributed by atoms with E-state index in [-0.39, 0.29) is 11.7 Å². The average molecular weight is 445 g/mol. The van der Waals surface area contributed by atoms with Crippen molar-refractivity contribution < 1.29 is 14.0 Å². The van der Waals surface area contributed by atoms with E-state index in [1.54, 1.807) is 16.8 Å². The van der Waals surface area contributed by atoms with Gasteiger partial charge in [0.25, 0.3) is 5.91 Å². The molecule has 0 aliphatic heterocycles. The number of nitrogens with zero attached hydrogens (tertiary/aromatic N) is 4. The zero-order valence-electron chi connectivity index (χ0n) is 17.7. The number of tetrazole rings is 1. The van der Waals surface area contributed by atoms with Crippen molar-refractivity contribution in [2.24, 2.45) is 0 Å². The smallest absolute Gasteiger partial charge is 0.287 e. The Morgan fingerprint density at radius 2 is 1.70 bits per heavy atom. The summed E-state index contributed by atoms with van der Waals surface area (Å²) in [5.41, 5.74) is 1.75. The van der Waals surface area contributed by atoms with Crippen molar-refractivity contribution >= 4 is 17.8 Å². The number of rotatable bonds is 10. The molecular weight excluding hydrogens is 422 g/mol. The Labute approximate surface area is 190 Å². The highest BCUT2D eigenvalue weighted by Gasteiger charge is 2.22. The monoisotopic (exact) mass is 445 g/mol. The molecule has 0 saturated heterocycles. The van der Waals surface area contributed by atoms with Crippen molar-refractivity contribution in [1.82, 2.24) is 30.8 Å². The predicted octanol–water partition coefficient (Wildman–Crippen LogP) is 1.82. The molecule has 0 radical (unpaired) electrons. The second-order valence-corrected chi connectivity index (χ2v) is 7.16. The van der Waals surface area contributed by atoms with Crippen molar-refractivity contribution in [3.05, 3.63) is 90.4 Å². The number of hydrogen-bond acceptors (Lipinski definition) is 7. The molecule has 1 atom stereocenters. The molecule has 1 unspecified atom stereocenters. The summed E-state index contributed by atoms with van der Waals surface area (Å²) >= 11 is 0. The summed E-state index contributed by atoms with van der Waals surface area (Å²) in [6.45, 7) is 0.700. The first-order valence-electron chi connectivity index (χ1n) is 10.4. The summed E-state index contributed by atoms with van der Waals surface area (Å²) in [6, 6.07) is 21.4. The van der Waals surface area contributed by atoms with E-state index < -0.39 is 11.9 Å². The van der Waals surface area contributed by atoms with Gasteiger partial charge in [-0.2, -0.15) is 4.68 Å². The van der Waals surface area contributed by atoms with E-state index in [2.05, 4.69) is 31.5 Å². The lowest BCUT2D eigenvalue weighted by Gasteiger charge is -2.18. The number of carbonyl (C=O) groups excluding carboxylic acids is 2. The van der Waals surface area contributed by atoms with Gasteiger partial charge in [-0.1, -0.05) is 53.6 Å². The van der Waals surface area contributed by atoms with Crippen molar-refractivity contribution in [2.75, 3.05) is 18.4 Å². The Morgan fingerprint density at radius 1 is 0.939 bits per heavy atom. The lowest BCUT2D eigenvalue weighted by atomic mass is 10.1. The van der Waals surface area contributed by atoms with E-state index in [9.17, 15) is 9.59 Å². The maximum Gasteiger partial charge on any atom is 0.287 e. The lowest BCUT2D eigenvalue weighted by Crippen LogP contribution is -2.48. The van der Waals surface area contributed by atoms with Gasteiger partial charge in [0, 0.05) is 19.5 Å². The summed E-state index contributed by atoms with van der Waals surface area (Å²) in [5, 5.41) is 20.4. The van der Waals surface area contributed by atoms with Crippen molar-refractivity contribution in [3.8, 4) is 5.69 Å². The van der Waals surface area contributed by atoms with Crippen LogP contribution in [0.2, 0.25) is 0 Å². The third-order valence-electron chi connectivity index (χ3n) is 4.83. The molecule has 0 saturated carbocycles. The highest BCUT2D eigenvalue weighted by atomic mass is 16.3. The number of furan rings is 1. The number of para-hydroxylation sites is 1. The molecule has 2 heterocycles. The largest absolute Gasteiger partial charge is 0.459 e. The summed E-state index contributed by atoms with van der Waals surface area (Å²) in [7, 11) is 0. The van der Waals surface area contributed by atoms with Gasteiger partial charge >= 0.3 is 0 Å². The SMILES string of the molecule is O=C(NC(Cc1ccccc1)C(=O)NCCNc1nnnn1-c1ccccc1)c1ccco1. The van der Waals surface area contributed by atoms with Crippen LogP contribution in [0.4, 0.5) is 5.95 Å². The minimum atomic E-state index is -0.764. The molecular formula is C23H23N7O3. The van der Waals surface area contributed by atoms with Crippen LogP contribution in [-0.4, -0.2) is 51.2 Å². The van der Waals surface area contributed by atoms with Crippen LogP contribution < -0.4 is 16.0 Å². The van der Waals surface area contributed by atoms with Gasteiger partial charge in [-0.3, -0.25) is 9.59 Å². The number of amides is 2. The fourth-order valence-electron chi connectivity index (χ4n) is 3.22. The quantitative estimate of drug-likeness (QED) is 0.318. The fourth-order valence-corrected chi connectivity index (χ4v) is 3.22. The number of nitrogens with one attached hydrogen (secondary N) is 3. The van der Waals surface area contributed by atoms with Crippen molar-refractivity contribution in [2.45, 2.75) is 12.5 Å². The van der Waals surface area contributed by atoms with Gasteiger partial charge in [0.05, 0.1) is 12.0 Å².